The fourth-order valence-corrected chi connectivity index (χ4v) is 3.22. The van der Waals surface area contributed by atoms with E-state index in [0.717, 1.165) is 43.7 Å². The first-order valence-corrected chi connectivity index (χ1v) is 7.95. The van der Waals surface area contributed by atoms with Crippen molar-refractivity contribution in [1.82, 2.24) is 10.2 Å². The van der Waals surface area contributed by atoms with E-state index in [4.69, 9.17) is 11.6 Å². The Labute approximate surface area is 126 Å². The lowest BCUT2D eigenvalue weighted by molar-refractivity contribution is 0.160. The van der Waals surface area contributed by atoms with E-state index in [1.807, 2.05) is 19.1 Å². The highest BCUT2D eigenvalue weighted by molar-refractivity contribution is 6.30. The van der Waals surface area contributed by atoms with Crippen LogP contribution in [0.15, 0.2) is 12.1 Å². The van der Waals surface area contributed by atoms with E-state index in [0.29, 0.717) is 10.8 Å². The number of benzene rings is 1. The summed E-state index contributed by atoms with van der Waals surface area (Å²) < 4.78 is 0. The Morgan fingerprint density at radius 2 is 2.05 bits per heavy atom. The third-order valence-corrected chi connectivity index (χ3v) is 4.30. The molecule has 1 aromatic carbocycles. The van der Waals surface area contributed by atoms with Crippen LogP contribution in [0.2, 0.25) is 5.02 Å². The number of piperazine rings is 1. The van der Waals surface area contributed by atoms with Crippen LogP contribution in [-0.4, -0.2) is 36.2 Å². The van der Waals surface area contributed by atoms with E-state index in [2.05, 4.69) is 17.1 Å². The van der Waals surface area contributed by atoms with Crippen molar-refractivity contribution >= 4 is 11.6 Å². The molecule has 1 aliphatic heterocycles. The average Bonchev–Trinajstić information content (AvgIpc) is 2.45. The van der Waals surface area contributed by atoms with Crippen LogP contribution in [0, 0.1) is 6.92 Å². The van der Waals surface area contributed by atoms with Gasteiger partial charge >= 0.3 is 0 Å². The van der Waals surface area contributed by atoms with Gasteiger partial charge in [-0.25, -0.2) is 0 Å². The zero-order valence-electron chi connectivity index (χ0n) is 12.5. The molecule has 0 aromatic heterocycles. The van der Waals surface area contributed by atoms with Gasteiger partial charge in [-0.3, -0.25) is 4.90 Å². The lowest BCUT2D eigenvalue weighted by Crippen LogP contribution is -2.45. The molecule has 2 rings (SSSR count). The average molecular weight is 297 g/mol. The van der Waals surface area contributed by atoms with Crippen LogP contribution >= 0.6 is 11.6 Å². The Hall–Kier alpha value is -0.770. The number of aryl methyl sites for hydroxylation is 1. The molecule has 2 N–H and O–H groups in total. The van der Waals surface area contributed by atoms with E-state index in [1.54, 1.807) is 0 Å². The van der Waals surface area contributed by atoms with Crippen molar-refractivity contribution in [3.05, 3.63) is 28.3 Å². The van der Waals surface area contributed by atoms with Crippen molar-refractivity contribution < 1.29 is 5.11 Å². The normalized spacial score (nSPS) is 18.1. The van der Waals surface area contributed by atoms with Crippen LogP contribution in [0.3, 0.4) is 0 Å². The zero-order chi connectivity index (χ0) is 14.5. The quantitative estimate of drug-likeness (QED) is 0.873. The highest BCUT2D eigenvalue weighted by Gasteiger charge is 2.25. The number of halogens is 1. The molecule has 0 amide bonds. The molecule has 0 aliphatic carbocycles. The van der Waals surface area contributed by atoms with Crippen LogP contribution < -0.4 is 5.32 Å². The number of unbranched alkanes of at least 4 members (excludes halogenated alkanes) is 1. The molecule has 1 fully saturated rings. The second kappa shape index (κ2) is 7.30. The summed E-state index contributed by atoms with van der Waals surface area (Å²) in [6.45, 7) is 8.21. The number of phenols is 1. The Bertz CT molecular complexity index is 444. The van der Waals surface area contributed by atoms with Crippen molar-refractivity contribution in [3.8, 4) is 5.75 Å². The summed E-state index contributed by atoms with van der Waals surface area (Å²) in [5.41, 5.74) is 1.86. The molecule has 112 valence electrons. The monoisotopic (exact) mass is 296 g/mol. The van der Waals surface area contributed by atoms with Crippen LogP contribution in [-0.2, 0) is 0 Å². The smallest absolute Gasteiger partial charge is 0.123 e. The van der Waals surface area contributed by atoms with Crippen LogP contribution in [0.4, 0.5) is 0 Å². The summed E-state index contributed by atoms with van der Waals surface area (Å²) in [4.78, 5) is 2.47. The number of hydrogen-bond acceptors (Lipinski definition) is 3. The van der Waals surface area contributed by atoms with Gasteiger partial charge in [-0.05, 0) is 31.0 Å². The predicted molar refractivity (Wildman–Crippen MR) is 84.6 cm³/mol. The van der Waals surface area contributed by atoms with Gasteiger partial charge in [0.15, 0.2) is 0 Å². The first-order valence-electron chi connectivity index (χ1n) is 7.57. The molecular weight excluding hydrogens is 272 g/mol. The second-order valence-corrected chi connectivity index (χ2v) is 6.04. The minimum absolute atomic E-state index is 0.273. The summed E-state index contributed by atoms with van der Waals surface area (Å²) >= 11 is 6.20. The van der Waals surface area contributed by atoms with Gasteiger partial charge in [0, 0.05) is 42.8 Å². The first kappa shape index (κ1) is 15.6. The van der Waals surface area contributed by atoms with Crippen molar-refractivity contribution in [2.24, 2.45) is 0 Å². The number of phenolic OH excluding ortho intramolecular Hbond substituents is 1. The third kappa shape index (κ3) is 3.66. The molecule has 1 atom stereocenters. The van der Waals surface area contributed by atoms with Gasteiger partial charge in [-0.1, -0.05) is 31.4 Å². The molecule has 0 unspecified atom stereocenters. The van der Waals surface area contributed by atoms with Crippen molar-refractivity contribution in [3.63, 3.8) is 0 Å². The fraction of sp³-hybridized carbons (Fsp3) is 0.625. The van der Waals surface area contributed by atoms with Gasteiger partial charge < -0.3 is 10.4 Å². The minimum Gasteiger partial charge on any atom is -0.507 e. The maximum atomic E-state index is 10.4. The molecule has 1 saturated heterocycles. The number of rotatable bonds is 5. The standard InChI is InChI=1S/C16H25ClN2O/c1-3-4-5-15(19-8-6-18-7-9-19)14-11-13(17)10-12(2)16(14)20/h10-11,15,18,20H,3-9H2,1-2H3/t15-/m1/s1. The molecule has 0 radical (unpaired) electrons. The summed E-state index contributed by atoms with van der Waals surface area (Å²) in [6, 6.07) is 4.04. The lowest BCUT2D eigenvalue weighted by atomic mass is 9.96. The van der Waals surface area contributed by atoms with Crippen molar-refractivity contribution in [1.29, 1.82) is 0 Å². The molecule has 3 nitrogen and oxygen atoms in total. The minimum atomic E-state index is 0.273. The molecule has 1 aliphatic rings. The van der Waals surface area contributed by atoms with Gasteiger partial charge in [-0.2, -0.15) is 0 Å². The van der Waals surface area contributed by atoms with E-state index in [1.165, 1.54) is 12.8 Å². The maximum absolute atomic E-state index is 10.4. The largest absolute Gasteiger partial charge is 0.507 e. The van der Waals surface area contributed by atoms with Gasteiger partial charge in [0.25, 0.3) is 0 Å². The van der Waals surface area contributed by atoms with Crippen molar-refractivity contribution in [2.45, 2.75) is 39.2 Å². The lowest BCUT2D eigenvalue weighted by Gasteiger charge is -2.36. The molecule has 20 heavy (non-hydrogen) atoms. The summed E-state index contributed by atoms with van der Waals surface area (Å²) in [7, 11) is 0. The summed E-state index contributed by atoms with van der Waals surface area (Å²) in [5, 5.41) is 14.5. The van der Waals surface area contributed by atoms with Crippen molar-refractivity contribution in [2.75, 3.05) is 26.2 Å². The summed E-state index contributed by atoms with van der Waals surface area (Å²) in [5.74, 6) is 0.411. The zero-order valence-corrected chi connectivity index (χ0v) is 13.2. The third-order valence-electron chi connectivity index (χ3n) is 4.08. The van der Waals surface area contributed by atoms with E-state index < -0.39 is 0 Å². The van der Waals surface area contributed by atoms with Gasteiger partial charge in [0.1, 0.15) is 5.75 Å². The fourth-order valence-electron chi connectivity index (χ4n) is 2.94. The van der Waals surface area contributed by atoms with E-state index >= 15 is 0 Å². The Morgan fingerprint density at radius 3 is 2.70 bits per heavy atom. The predicted octanol–water partition coefficient (Wildman–Crippen LogP) is 3.49. The molecule has 0 spiro atoms. The Balaban J connectivity index is 2.29. The number of nitrogens with one attached hydrogen (secondary N) is 1. The van der Waals surface area contributed by atoms with Gasteiger partial charge in [0.2, 0.25) is 0 Å². The van der Waals surface area contributed by atoms with Crippen LogP contribution in [0.25, 0.3) is 0 Å². The van der Waals surface area contributed by atoms with E-state index in [-0.39, 0.29) is 6.04 Å². The number of hydrogen-bond donors (Lipinski definition) is 2. The number of nitrogens with zero attached hydrogens (tertiary/aromatic N) is 1. The SMILES string of the molecule is CCCC[C@H](c1cc(Cl)cc(C)c1O)N1CCNCC1. The van der Waals surface area contributed by atoms with Gasteiger partial charge in [0.05, 0.1) is 0 Å². The van der Waals surface area contributed by atoms with Crippen LogP contribution in [0.5, 0.6) is 5.75 Å². The highest BCUT2D eigenvalue weighted by Crippen LogP contribution is 2.36. The second-order valence-electron chi connectivity index (χ2n) is 5.60. The molecule has 1 heterocycles. The Morgan fingerprint density at radius 1 is 1.35 bits per heavy atom. The Kier molecular flexibility index (Phi) is 5.70. The molecule has 4 heteroatoms. The molecule has 0 saturated carbocycles. The first-order chi connectivity index (χ1) is 9.63. The van der Waals surface area contributed by atoms with Gasteiger partial charge in [-0.15, -0.1) is 0 Å². The molecular formula is C16H25ClN2O. The van der Waals surface area contributed by atoms with Crippen LogP contribution in [0.1, 0.15) is 43.4 Å². The highest BCUT2D eigenvalue weighted by atomic mass is 35.5. The number of aromatic hydroxyl groups is 1. The molecule has 1 aromatic rings. The summed E-state index contributed by atoms with van der Waals surface area (Å²) in [6.07, 6.45) is 3.41. The maximum Gasteiger partial charge on any atom is 0.123 e. The molecule has 0 bridgehead atoms. The topological polar surface area (TPSA) is 35.5 Å². The van der Waals surface area contributed by atoms with E-state index in [9.17, 15) is 5.11 Å².